The molecule has 0 aromatic heterocycles. The first-order chi connectivity index (χ1) is 11.2. The molecule has 0 saturated carbocycles. The summed E-state index contributed by atoms with van der Waals surface area (Å²) in [7, 11) is 4.71. The van der Waals surface area contributed by atoms with E-state index >= 15 is 0 Å². The molecule has 9 heteroatoms. The SMILES string of the molecule is [B]c1cc(C)cc(OS(=O)(=O)c2ccc(N(C)[N+](=O)NC)cc2)c1. The average Bonchev–Trinajstić information content (AvgIpc) is 2.52. The monoisotopic (exact) mass is 346 g/mol. The van der Waals surface area contributed by atoms with Gasteiger partial charge in [0, 0.05) is 0 Å². The molecule has 124 valence electrons. The molecule has 0 heterocycles. The molecule has 0 aliphatic carbocycles. The van der Waals surface area contributed by atoms with Gasteiger partial charge < -0.3 is 4.18 Å². The Balaban J connectivity index is 2.25. The van der Waals surface area contributed by atoms with Gasteiger partial charge in [-0.25, -0.2) is 0 Å². The largest absolute Gasteiger partial charge is 0.379 e. The number of hydrogen-bond donors (Lipinski definition) is 1. The molecule has 0 atom stereocenters. The van der Waals surface area contributed by atoms with Crippen LogP contribution in [-0.4, -0.2) is 35.3 Å². The first-order valence-electron chi connectivity index (χ1n) is 7.03. The van der Waals surface area contributed by atoms with Gasteiger partial charge in [-0.3, -0.25) is 0 Å². The molecule has 0 spiro atoms. The van der Waals surface area contributed by atoms with E-state index in [4.69, 9.17) is 12.0 Å². The Morgan fingerprint density at radius 3 is 2.33 bits per heavy atom. The van der Waals surface area contributed by atoms with Gasteiger partial charge in [0.25, 0.3) is 4.98 Å². The number of anilines is 1. The fourth-order valence-electron chi connectivity index (χ4n) is 2.08. The number of nitroso groups, excluding NO2 is 1. The van der Waals surface area contributed by atoms with Crippen LogP contribution in [0.4, 0.5) is 5.69 Å². The van der Waals surface area contributed by atoms with Crippen LogP contribution in [0.5, 0.6) is 5.75 Å². The van der Waals surface area contributed by atoms with Crippen LogP contribution in [0.25, 0.3) is 0 Å². The highest BCUT2D eigenvalue weighted by Crippen LogP contribution is 2.21. The van der Waals surface area contributed by atoms with Gasteiger partial charge in [-0.2, -0.15) is 8.42 Å². The van der Waals surface area contributed by atoms with E-state index in [0.29, 0.717) is 16.1 Å². The Labute approximate surface area is 142 Å². The van der Waals surface area contributed by atoms with Crippen LogP contribution in [0, 0.1) is 11.8 Å². The smallest absolute Gasteiger partial charge is 0.339 e. The van der Waals surface area contributed by atoms with E-state index in [1.54, 1.807) is 26.1 Å². The Kier molecular flexibility index (Phi) is 5.13. The van der Waals surface area contributed by atoms with Crippen molar-refractivity contribution in [3.05, 3.63) is 52.9 Å². The minimum absolute atomic E-state index is 0.0263. The van der Waals surface area contributed by atoms with E-state index in [1.807, 2.05) is 0 Å². The average molecular weight is 346 g/mol. The Bertz CT molecular complexity index is 833. The maximum Gasteiger partial charge on any atom is 0.339 e. The molecule has 1 N–H and O–H groups in total. The number of hydrazine groups is 2. The second-order valence-corrected chi connectivity index (χ2v) is 6.68. The lowest BCUT2D eigenvalue weighted by molar-refractivity contribution is -0.611. The van der Waals surface area contributed by atoms with Crippen LogP contribution in [0.15, 0.2) is 47.4 Å². The Morgan fingerprint density at radius 1 is 1.17 bits per heavy atom. The number of aryl methyl sites for hydroxylation is 1. The van der Waals surface area contributed by atoms with Gasteiger partial charge in [0.15, 0.2) is 0 Å². The van der Waals surface area contributed by atoms with E-state index in [0.717, 1.165) is 5.56 Å². The van der Waals surface area contributed by atoms with Gasteiger partial charge >= 0.3 is 10.1 Å². The van der Waals surface area contributed by atoms with Gasteiger partial charge in [-0.05, 0) is 48.9 Å². The van der Waals surface area contributed by atoms with Gasteiger partial charge in [0.2, 0.25) is 0 Å². The summed E-state index contributed by atoms with van der Waals surface area (Å²) in [6, 6.07) is 10.5. The highest BCUT2D eigenvalue weighted by molar-refractivity contribution is 7.87. The van der Waals surface area contributed by atoms with Crippen LogP contribution < -0.4 is 20.1 Å². The van der Waals surface area contributed by atoms with Crippen molar-refractivity contribution in [3.8, 4) is 5.75 Å². The molecule has 0 aliphatic heterocycles. The molecule has 0 fully saturated rings. The van der Waals surface area contributed by atoms with E-state index in [1.165, 1.54) is 42.4 Å². The number of nitrogens with zero attached hydrogens (tertiary/aromatic N) is 2. The lowest BCUT2D eigenvalue weighted by atomic mass is 9.94. The minimum atomic E-state index is -4.00. The summed E-state index contributed by atoms with van der Waals surface area (Å²) < 4.78 is 29.8. The molecule has 0 unspecified atom stereocenters. The summed E-state index contributed by atoms with van der Waals surface area (Å²) in [6.45, 7) is 1.79. The third kappa shape index (κ3) is 4.05. The predicted molar refractivity (Wildman–Crippen MR) is 91.9 cm³/mol. The summed E-state index contributed by atoms with van der Waals surface area (Å²) in [5.41, 5.74) is 4.12. The molecular weight excluding hydrogens is 329 g/mol. The van der Waals surface area contributed by atoms with Crippen molar-refractivity contribution in [2.24, 2.45) is 0 Å². The molecule has 2 rings (SSSR count). The van der Waals surface area contributed by atoms with Crippen LogP contribution in [-0.2, 0) is 10.1 Å². The van der Waals surface area contributed by atoms with Crippen molar-refractivity contribution in [2.75, 3.05) is 19.1 Å². The third-order valence-electron chi connectivity index (χ3n) is 3.24. The number of hydrogen-bond acceptors (Lipinski definition) is 4. The Morgan fingerprint density at radius 2 is 1.79 bits per heavy atom. The van der Waals surface area contributed by atoms with Crippen LogP contribution in [0.2, 0.25) is 0 Å². The van der Waals surface area contributed by atoms with Crippen LogP contribution >= 0.6 is 0 Å². The second-order valence-electron chi connectivity index (χ2n) is 5.13. The van der Waals surface area contributed by atoms with Gasteiger partial charge in [0.1, 0.15) is 24.2 Å². The topological polar surface area (TPSA) is 78.7 Å². The van der Waals surface area contributed by atoms with Gasteiger partial charge in [-0.1, -0.05) is 16.5 Å². The highest BCUT2D eigenvalue weighted by atomic mass is 32.2. The number of nitrogens with one attached hydrogen (secondary N) is 1. The van der Waals surface area contributed by atoms with Crippen LogP contribution in [0.3, 0.4) is 0 Å². The van der Waals surface area contributed by atoms with Crippen LogP contribution in [0.1, 0.15) is 5.56 Å². The summed E-state index contributed by atoms with van der Waals surface area (Å²) in [5, 5.41) is 1.28. The molecule has 7 nitrogen and oxygen atoms in total. The zero-order valence-corrected chi connectivity index (χ0v) is 14.4. The number of rotatable bonds is 6. The lowest BCUT2D eigenvalue weighted by Crippen LogP contribution is -2.37. The highest BCUT2D eigenvalue weighted by Gasteiger charge is 2.20. The minimum Gasteiger partial charge on any atom is -0.379 e. The zero-order valence-electron chi connectivity index (χ0n) is 13.6. The zero-order chi connectivity index (χ0) is 17.9. The standard InChI is InChI=1S/C15H17BN3O4S/c1-11-8-12(16)10-14(9-11)23-24(21,22)15-6-4-13(5-7-15)18(3)19(20)17-2/h4-10H,1-3H3,(H,17,20)/q+1. The normalized spacial score (nSPS) is 11.0. The quantitative estimate of drug-likeness (QED) is 0.361. The molecule has 2 aromatic carbocycles. The molecule has 0 bridgehead atoms. The lowest BCUT2D eigenvalue weighted by Gasteiger charge is -2.10. The number of benzene rings is 2. The summed E-state index contributed by atoms with van der Waals surface area (Å²) >= 11 is 0. The first-order valence-corrected chi connectivity index (χ1v) is 8.44. The van der Waals surface area contributed by atoms with E-state index in [-0.39, 0.29) is 10.6 Å². The van der Waals surface area contributed by atoms with Gasteiger partial charge in [-0.15, -0.1) is 5.43 Å². The maximum atomic E-state index is 12.3. The maximum absolute atomic E-state index is 12.3. The van der Waals surface area contributed by atoms with E-state index in [9.17, 15) is 13.3 Å². The molecule has 0 saturated heterocycles. The van der Waals surface area contributed by atoms with Crippen molar-refractivity contribution in [1.82, 2.24) is 5.43 Å². The molecule has 0 amide bonds. The first kappa shape index (κ1) is 17.8. The van der Waals surface area contributed by atoms with E-state index < -0.39 is 10.1 Å². The summed E-state index contributed by atoms with van der Waals surface area (Å²) in [6.07, 6.45) is 0. The molecular formula is C15H17BN3O4S+. The summed E-state index contributed by atoms with van der Waals surface area (Å²) in [4.78, 5) is 12.0. The predicted octanol–water partition coefficient (Wildman–Crippen LogP) is 0.821. The molecule has 0 aliphatic rings. The molecule has 24 heavy (non-hydrogen) atoms. The van der Waals surface area contributed by atoms with Crippen molar-refractivity contribution in [1.29, 1.82) is 0 Å². The summed E-state index contributed by atoms with van der Waals surface area (Å²) in [5.74, 6) is 0.148. The fraction of sp³-hybridized carbons (Fsp3) is 0.200. The van der Waals surface area contributed by atoms with Crippen molar-refractivity contribution in [2.45, 2.75) is 11.8 Å². The molecule has 2 radical (unpaired) electrons. The van der Waals surface area contributed by atoms with Crippen molar-refractivity contribution in [3.63, 3.8) is 0 Å². The third-order valence-corrected chi connectivity index (χ3v) is 4.50. The Hall–Kier alpha value is -2.55. The van der Waals surface area contributed by atoms with Gasteiger partial charge in [0.05, 0.1) is 19.0 Å². The molecule has 2 aromatic rings. The second kappa shape index (κ2) is 6.92. The van der Waals surface area contributed by atoms with Crippen molar-refractivity contribution >= 4 is 29.1 Å². The fourth-order valence-corrected chi connectivity index (χ4v) is 3.00. The van der Waals surface area contributed by atoms with Crippen molar-refractivity contribution < 1.29 is 17.6 Å². The van der Waals surface area contributed by atoms with E-state index in [2.05, 4.69) is 5.43 Å².